The molecule has 1 atom stereocenters. The molecule has 9 nitrogen and oxygen atoms in total. The molecule has 3 amide bonds. The van der Waals surface area contributed by atoms with Gasteiger partial charge in [-0.2, -0.15) is 0 Å². The van der Waals surface area contributed by atoms with E-state index in [9.17, 15) is 14.4 Å². The summed E-state index contributed by atoms with van der Waals surface area (Å²) >= 11 is 1.61. The molecule has 0 spiro atoms. The number of hydrogen-bond acceptors (Lipinski definition) is 7. The minimum absolute atomic E-state index is 0.0154. The first-order chi connectivity index (χ1) is 15.4. The lowest BCUT2D eigenvalue weighted by atomic mass is 10.1. The van der Waals surface area contributed by atoms with Gasteiger partial charge in [0.1, 0.15) is 23.5 Å². The monoisotopic (exact) mass is 451 g/mol. The molecule has 1 aromatic carbocycles. The van der Waals surface area contributed by atoms with Crippen molar-refractivity contribution in [2.45, 2.75) is 26.4 Å². The van der Waals surface area contributed by atoms with Gasteiger partial charge in [-0.05, 0) is 43.7 Å². The number of fused-ring (bicyclic) bond motifs is 1. The van der Waals surface area contributed by atoms with E-state index in [1.54, 1.807) is 29.5 Å². The van der Waals surface area contributed by atoms with Gasteiger partial charge in [0, 0.05) is 22.4 Å². The predicted molar refractivity (Wildman–Crippen MR) is 119 cm³/mol. The molecule has 3 aromatic rings. The maximum Gasteiger partial charge on any atom is 0.270 e. The maximum absolute atomic E-state index is 12.6. The normalized spacial score (nSPS) is 13.4. The van der Waals surface area contributed by atoms with E-state index in [1.807, 2.05) is 26.0 Å². The Balaban J connectivity index is 1.38. The highest BCUT2D eigenvalue weighted by Crippen LogP contribution is 2.28. The number of carbonyl (C=O) groups excluding carboxylic acids is 3. The van der Waals surface area contributed by atoms with Gasteiger partial charge in [-0.15, -0.1) is 11.3 Å². The molecule has 4 rings (SSSR count). The Morgan fingerprint density at radius 3 is 2.69 bits per heavy atom. The third kappa shape index (κ3) is 4.92. The second kappa shape index (κ2) is 9.15. The molecule has 3 N–H and O–H groups in total. The summed E-state index contributed by atoms with van der Waals surface area (Å²) in [6, 6.07) is 10.4. The van der Waals surface area contributed by atoms with Crippen LogP contribution in [-0.4, -0.2) is 34.3 Å². The van der Waals surface area contributed by atoms with E-state index in [0.717, 1.165) is 15.3 Å². The first-order valence-electron chi connectivity index (χ1n) is 9.92. The van der Waals surface area contributed by atoms with Crippen molar-refractivity contribution >= 4 is 34.7 Å². The van der Waals surface area contributed by atoms with Crippen LogP contribution in [0.2, 0.25) is 0 Å². The Kier molecular flexibility index (Phi) is 6.13. The van der Waals surface area contributed by atoms with Crippen LogP contribution in [0.25, 0.3) is 0 Å². The Morgan fingerprint density at radius 1 is 1.16 bits per heavy atom. The molecule has 0 radical (unpaired) electrons. The van der Waals surface area contributed by atoms with Crippen LogP contribution in [-0.2, 0) is 11.3 Å². The summed E-state index contributed by atoms with van der Waals surface area (Å²) < 4.78 is 5.32. The van der Waals surface area contributed by atoms with Gasteiger partial charge < -0.3 is 20.7 Å². The van der Waals surface area contributed by atoms with Crippen LogP contribution < -0.4 is 20.7 Å². The van der Waals surface area contributed by atoms with Crippen LogP contribution in [0, 0.1) is 6.92 Å². The van der Waals surface area contributed by atoms with Crippen molar-refractivity contribution < 1.29 is 19.1 Å². The van der Waals surface area contributed by atoms with Crippen molar-refractivity contribution in [2.24, 2.45) is 0 Å². The van der Waals surface area contributed by atoms with Gasteiger partial charge in [0.2, 0.25) is 0 Å². The molecule has 1 aliphatic heterocycles. The Bertz CT molecular complexity index is 1190. The van der Waals surface area contributed by atoms with Crippen molar-refractivity contribution in [3.05, 3.63) is 69.4 Å². The van der Waals surface area contributed by atoms with Crippen LogP contribution in [0.15, 0.2) is 42.7 Å². The number of benzene rings is 1. The highest BCUT2D eigenvalue weighted by Gasteiger charge is 2.18. The molecular weight excluding hydrogens is 430 g/mol. The molecule has 2 aromatic heterocycles. The zero-order chi connectivity index (χ0) is 22.7. The fraction of sp³-hybridized carbons (Fsp3) is 0.227. The average molecular weight is 452 g/mol. The zero-order valence-electron chi connectivity index (χ0n) is 17.5. The molecule has 10 heteroatoms. The minimum atomic E-state index is -0.443. The van der Waals surface area contributed by atoms with Crippen LogP contribution in [0.5, 0.6) is 5.75 Å². The number of anilines is 1. The molecule has 32 heavy (non-hydrogen) atoms. The van der Waals surface area contributed by atoms with E-state index < -0.39 is 5.91 Å². The third-order valence-corrected chi connectivity index (χ3v) is 5.98. The first-order valence-corrected chi connectivity index (χ1v) is 10.7. The number of nitrogens with zero attached hydrogens (tertiary/aromatic N) is 2. The second-order valence-electron chi connectivity index (χ2n) is 7.28. The number of aryl methyl sites for hydroxylation is 1. The number of amides is 3. The summed E-state index contributed by atoms with van der Waals surface area (Å²) in [6.45, 7) is 4.09. The Morgan fingerprint density at radius 2 is 1.94 bits per heavy atom. The lowest BCUT2D eigenvalue weighted by molar-refractivity contribution is -0.118. The zero-order valence-corrected chi connectivity index (χ0v) is 18.3. The van der Waals surface area contributed by atoms with Crippen molar-refractivity contribution in [1.82, 2.24) is 20.6 Å². The number of hydrogen-bond donors (Lipinski definition) is 3. The SMILES string of the molecule is Cc1ccc([C@H](C)NC(=O)c2cc(C(=O)NCc3ccc4c(c3)NC(=O)CO4)ncn2)s1. The molecular formula is C22H21N5O4S. The van der Waals surface area contributed by atoms with Crippen molar-refractivity contribution in [2.75, 3.05) is 11.9 Å². The van der Waals surface area contributed by atoms with Gasteiger partial charge in [0.05, 0.1) is 11.7 Å². The summed E-state index contributed by atoms with van der Waals surface area (Å²) in [5.41, 5.74) is 1.53. The number of ether oxygens (including phenoxy) is 1. The first kappa shape index (κ1) is 21.4. The van der Waals surface area contributed by atoms with E-state index in [2.05, 4.69) is 25.9 Å². The predicted octanol–water partition coefficient (Wildman–Crippen LogP) is 2.60. The topological polar surface area (TPSA) is 122 Å². The smallest absolute Gasteiger partial charge is 0.270 e. The van der Waals surface area contributed by atoms with Gasteiger partial charge in [0.25, 0.3) is 17.7 Å². The van der Waals surface area contributed by atoms with Gasteiger partial charge in [-0.25, -0.2) is 9.97 Å². The molecule has 0 bridgehead atoms. The molecule has 0 saturated carbocycles. The third-order valence-electron chi connectivity index (χ3n) is 4.80. The molecule has 3 heterocycles. The standard InChI is InChI=1S/C22H21N5O4S/c1-12-3-6-19(32-12)13(2)26-22(30)17-8-16(24-11-25-17)21(29)23-9-14-4-5-18-15(7-14)27-20(28)10-31-18/h3-8,11,13H,9-10H2,1-2H3,(H,23,29)(H,26,30)(H,27,28)/t13-/m0/s1. The van der Waals surface area contributed by atoms with Crippen LogP contribution in [0.1, 0.15) is 49.3 Å². The summed E-state index contributed by atoms with van der Waals surface area (Å²) in [7, 11) is 0. The number of thiophene rings is 1. The van der Waals surface area contributed by atoms with E-state index in [1.165, 1.54) is 12.4 Å². The van der Waals surface area contributed by atoms with E-state index >= 15 is 0 Å². The highest BCUT2D eigenvalue weighted by molar-refractivity contribution is 7.12. The molecule has 0 fully saturated rings. The number of rotatable bonds is 6. The number of carbonyl (C=O) groups is 3. The fourth-order valence-electron chi connectivity index (χ4n) is 3.15. The minimum Gasteiger partial charge on any atom is -0.482 e. The van der Waals surface area contributed by atoms with Gasteiger partial charge in [0.15, 0.2) is 6.61 Å². The van der Waals surface area contributed by atoms with E-state index in [4.69, 9.17) is 4.74 Å². The summed E-state index contributed by atoms with van der Waals surface area (Å²) in [5.74, 6) is -0.473. The fourth-order valence-corrected chi connectivity index (χ4v) is 4.03. The maximum atomic E-state index is 12.6. The highest BCUT2D eigenvalue weighted by atomic mass is 32.1. The lowest BCUT2D eigenvalue weighted by Crippen LogP contribution is -2.29. The van der Waals surface area contributed by atoms with Gasteiger partial charge in [-0.1, -0.05) is 6.07 Å². The van der Waals surface area contributed by atoms with Crippen molar-refractivity contribution in [3.8, 4) is 5.75 Å². The van der Waals surface area contributed by atoms with Crippen molar-refractivity contribution in [1.29, 1.82) is 0 Å². The van der Waals surface area contributed by atoms with E-state index in [0.29, 0.717) is 11.4 Å². The molecule has 0 aliphatic carbocycles. The average Bonchev–Trinajstić information content (AvgIpc) is 3.23. The van der Waals surface area contributed by atoms with Crippen LogP contribution in [0.4, 0.5) is 5.69 Å². The van der Waals surface area contributed by atoms with Crippen LogP contribution >= 0.6 is 11.3 Å². The summed E-state index contributed by atoms with van der Waals surface area (Å²) in [5, 5.41) is 8.37. The molecule has 0 unspecified atom stereocenters. The quantitative estimate of drug-likeness (QED) is 0.530. The largest absolute Gasteiger partial charge is 0.482 e. The molecule has 1 aliphatic rings. The summed E-state index contributed by atoms with van der Waals surface area (Å²) in [4.78, 5) is 46.8. The Hall–Kier alpha value is -3.79. The number of nitrogens with one attached hydrogen (secondary N) is 3. The number of aromatic nitrogens is 2. The lowest BCUT2D eigenvalue weighted by Gasteiger charge is -2.18. The van der Waals surface area contributed by atoms with Gasteiger partial charge in [-0.3, -0.25) is 14.4 Å². The van der Waals surface area contributed by atoms with Crippen molar-refractivity contribution in [3.63, 3.8) is 0 Å². The second-order valence-corrected chi connectivity index (χ2v) is 8.60. The summed E-state index contributed by atoms with van der Waals surface area (Å²) in [6.07, 6.45) is 1.19. The molecule has 0 saturated heterocycles. The Labute approximate surface area is 188 Å². The van der Waals surface area contributed by atoms with Crippen LogP contribution in [0.3, 0.4) is 0 Å². The van der Waals surface area contributed by atoms with E-state index in [-0.39, 0.29) is 42.4 Å². The van der Waals surface area contributed by atoms with Gasteiger partial charge >= 0.3 is 0 Å². The molecule has 164 valence electrons.